The summed E-state index contributed by atoms with van der Waals surface area (Å²) in [6, 6.07) is 3.18. The lowest BCUT2D eigenvalue weighted by Gasteiger charge is -1.73. The zero-order valence-electron chi connectivity index (χ0n) is 6.68. The van der Waals surface area contributed by atoms with Gasteiger partial charge in [-0.1, -0.05) is 0 Å². The highest BCUT2D eigenvalue weighted by Crippen LogP contribution is 2.22. The van der Waals surface area contributed by atoms with Crippen LogP contribution in [0.15, 0.2) is 30.6 Å². The Kier molecular flexibility index (Phi) is 1.11. The number of nitrogens with zero attached hydrogens (tertiary/aromatic N) is 2. The first-order valence-corrected chi connectivity index (χ1v) is 3.78. The van der Waals surface area contributed by atoms with E-state index in [0.717, 1.165) is 0 Å². The molecular weight excluding hydrogens is 188 g/mol. The normalized spacial score (nSPS) is 11.4. The van der Waals surface area contributed by atoms with Crippen LogP contribution in [0.4, 0.5) is 0 Å². The van der Waals surface area contributed by atoms with Crippen molar-refractivity contribution in [3.8, 4) is 0 Å². The van der Waals surface area contributed by atoms with E-state index in [-0.39, 0.29) is 11.3 Å². The monoisotopic (exact) mass is 190 g/mol. The third kappa shape index (κ3) is 0.743. The van der Waals surface area contributed by atoms with E-state index in [0.29, 0.717) is 10.9 Å². The highest BCUT2D eigenvalue weighted by atomic mass is 16.4. The van der Waals surface area contributed by atoms with Gasteiger partial charge in [0.1, 0.15) is 16.5 Å². The Morgan fingerprint density at radius 2 is 1.79 bits per heavy atom. The first-order valence-electron chi connectivity index (χ1n) is 3.78. The Bertz CT molecular complexity index is 668. The van der Waals surface area contributed by atoms with E-state index in [1.54, 1.807) is 12.1 Å². The van der Waals surface area contributed by atoms with Gasteiger partial charge in [-0.2, -0.15) is 0 Å². The summed E-state index contributed by atoms with van der Waals surface area (Å²) in [4.78, 5) is 21.9. The maximum Gasteiger partial charge on any atom is 0.424 e. The van der Waals surface area contributed by atoms with Crippen molar-refractivity contribution in [2.24, 2.45) is 0 Å². The first-order chi connectivity index (χ1) is 6.75. The van der Waals surface area contributed by atoms with Gasteiger partial charge < -0.3 is 8.83 Å². The zero-order chi connectivity index (χ0) is 9.71. The Hall–Kier alpha value is -2.24. The minimum atomic E-state index is -1.08. The Labute approximate surface area is 75.1 Å². The Morgan fingerprint density at radius 3 is 2.64 bits per heavy atom. The van der Waals surface area contributed by atoms with E-state index in [1.165, 1.54) is 0 Å². The van der Waals surface area contributed by atoms with Crippen LogP contribution in [0.5, 0.6) is 0 Å². The smallest absolute Gasteiger partial charge is 0.417 e. The van der Waals surface area contributed by atoms with E-state index < -0.39 is 11.3 Å². The van der Waals surface area contributed by atoms with Crippen molar-refractivity contribution < 1.29 is 8.83 Å². The van der Waals surface area contributed by atoms with Crippen molar-refractivity contribution in [3.63, 3.8) is 0 Å². The molecule has 1 aromatic carbocycles. The zero-order valence-corrected chi connectivity index (χ0v) is 6.68. The molecule has 2 heterocycles. The van der Waals surface area contributed by atoms with Gasteiger partial charge in [0.25, 0.3) is 5.71 Å². The van der Waals surface area contributed by atoms with Crippen LogP contribution in [0.25, 0.3) is 22.2 Å². The van der Waals surface area contributed by atoms with Gasteiger partial charge in [-0.05, 0) is 12.1 Å². The van der Waals surface area contributed by atoms with Gasteiger partial charge in [-0.15, -0.1) is 10.2 Å². The van der Waals surface area contributed by atoms with Gasteiger partial charge in [-0.25, -0.2) is 9.59 Å². The van der Waals surface area contributed by atoms with Crippen LogP contribution in [0.3, 0.4) is 0 Å². The predicted octanol–water partition coefficient (Wildman–Crippen LogP) is 0.127. The molecule has 0 saturated heterocycles. The Balaban J connectivity index is 2.82. The third-order valence-electron chi connectivity index (χ3n) is 1.92. The highest BCUT2D eigenvalue weighted by molar-refractivity contribution is 6.03. The number of aromatic nitrogens is 2. The van der Waals surface area contributed by atoms with Crippen molar-refractivity contribution >= 4 is 22.2 Å². The molecule has 0 saturated carbocycles. The SMILES string of the molecule is O=c1oc2ccc3nnc(oc1=O)c32. The van der Waals surface area contributed by atoms with Gasteiger partial charge in [0.05, 0.1) is 0 Å². The van der Waals surface area contributed by atoms with Crippen LogP contribution in [0, 0.1) is 0 Å². The minimum absolute atomic E-state index is 0.0239. The average Bonchev–Trinajstić information content (AvgIpc) is 2.67. The van der Waals surface area contributed by atoms with E-state index >= 15 is 0 Å². The standard InChI is InChI=1S/C8H2N2O4/c11-7-8(12)14-6-5-3(9-10-6)1-2-4(5)13-7/h1-2H. The summed E-state index contributed by atoms with van der Waals surface area (Å²) in [5.41, 5.74) is -1.30. The molecule has 0 unspecified atom stereocenters. The number of hydrogen-bond donors (Lipinski definition) is 0. The first kappa shape index (κ1) is 7.19. The average molecular weight is 190 g/mol. The summed E-state index contributed by atoms with van der Waals surface area (Å²) < 4.78 is 9.40. The fraction of sp³-hybridized carbons (Fsp3) is 0. The lowest BCUT2D eigenvalue weighted by atomic mass is 10.4. The van der Waals surface area contributed by atoms with Crippen LogP contribution >= 0.6 is 0 Å². The van der Waals surface area contributed by atoms with Crippen LogP contribution < -0.4 is 11.3 Å². The van der Waals surface area contributed by atoms with Gasteiger partial charge in [-0.3, -0.25) is 0 Å². The van der Waals surface area contributed by atoms with Crippen molar-refractivity contribution in [1.29, 1.82) is 0 Å². The molecule has 0 bridgehead atoms. The predicted molar refractivity (Wildman–Crippen MR) is 45.3 cm³/mol. The van der Waals surface area contributed by atoms with Crippen LogP contribution in [-0.4, -0.2) is 10.2 Å². The topological polar surface area (TPSA) is 86.2 Å². The second kappa shape index (κ2) is 2.16. The number of hydrogen-bond acceptors (Lipinski definition) is 6. The summed E-state index contributed by atoms with van der Waals surface area (Å²) in [5.74, 6) is 0. The molecule has 3 aromatic rings. The fourth-order valence-electron chi connectivity index (χ4n) is 1.32. The summed E-state index contributed by atoms with van der Waals surface area (Å²) in [5, 5.41) is 7.80. The molecule has 0 radical (unpaired) electrons. The Morgan fingerprint density at radius 1 is 1.00 bits per heavy atom. The molecular formula is C8H2N2O4. The van der Waals surface area contributed by atoms with Crippen molar-refractivity contribution in [1.82, 2.24) is 10.2 Å². The molecule has 68 valence electrons. The molecule has 14 heavy (non-hydrogen) atoms. The van der Waals surface area contributed by atoms with E-state index in [1.807, 2.05) is 0 Å². The molecule has 6 heteroatoms. The fourth-order valence-corrected chi connectivity index (χ4v) is 1.32. The molecule has 0 aliphatic rings. The molecule has 0 fully saturated rings. The van der Waals surface area contributed by atoms with Gasteiger partial charge >= 0.3 is 11.3 Å². The second-order valence-corrected chi connectivity index (χ2v) is 2.74. The summed E-state index contributed by atoms with van der Waals surface area (Å²) in [6.07, 6.45) is 0. The maximum absolute atomic E-state index is 11.0. The van der Waals surface area contributed by atoms with Crippen LogP contribution in [0.1, 0.15) is 0 Å². The highest BCUT2D eigenvalue weighted by Gasteiger charge is 2.12. The lowest BCUT2D eigenvalue weighted by Crippen LogP contribution is -2.18. The van der Waals surface area contributed by atoms with Crippen molar-refractivity contribution in [2.75, 3.05) is 0 Å². The lowest BCUT2D eigenvalue weighted by molar-refractivity contribution is 0.484. The van der Waals surface area contributed by atoms with Crippen molar-refractivity contribution in [2.45, 2.75) is 0 Å². The van der Waals surface area contributed by atoms with E-state index in [4.69, 9.17) is 4.42 Å². The van der Waals surface area contributed by atoms with Crippen LogP contribution in [0.2, 0.25) is 0 Å². The summed E-state index contributed by atoms with van der Waals surface area (Å²) in [7, 11) is 0. The quantitative estimate of drug-likeness (QED) is 0.468. The third-order valence-corrected chi connectivity index (χ3v) is 1.92. The molecule has 0 atom stereocenters. The molecule has 2 aromatic heterocycles. The molecule has 0 aliphatic heterocycles. The molecule has 0 spiro atoms. The minimum Gasteiger partial charge on any atom is -0.417 e. The molecule has 0 N–H and O–H groups in total. The summed E-state index contributed by atoms with van der Waals surface area (Å²) >= 11 is 0. The molecule has 0 amide bonds. The molecule has 0 aliphatic carbocycles. The van der Waals surface area contributed by atoms with Gasteiger partial charge in [0.15, 0.2) is 0 Å². The maximum atomic E-state index is 11.0. The van der Waals surface area contributed by atoms with E-state index in [2.05, 4.69) is 14.6 Å². The second-order valence-electron chi connectivity index (χ2n) is 2.74. The summed E-state index contributed by atoms with van der Waals surface area (Å²) in [6.45, 7) is 0. The van der Waals surface area contributed by atoms with Crippen molar-refractivity contribution in [3.05, 3.63) is 33.0 Å². The largest absolute Gasteiger partial charge is 0.424 e. The van der Waals surface area contributed by atoms with Crippen LogP contribution in [-0.2, 0) is 0 Å². The van der Waals surface area contributed by atoms with Gasteiger partial charge in [0, 0.05) is 0 Å². The van der Waals surface area contributed by atoms with E-state index in [9.17, 15) is 9.59 Å². The number of rotatable bonds is 0. The van der Waals surface area contributed by atoms with Gasteiger partial charge in [0.2, 0.25) is 0 Å². The molecule has 3 rings (SSSR count). The molecule has 6 nitrogen and oxygen atoms in total.